The summed E-state index contributed by atoms with van der Waals surface area (Å²) in [5, 5.41) is 0. The molecule has 0 aromatic heterocycles. The third-order valence-electron chi connectivity index (χ3n) is 1.68. The zero-order valence-corrected chi connectivity index (χ0v) is 9.30. The van der Waals surface area contributed by atoms with Gasteiger partial charge in [0.05, 0.1) is 6.61 Å². The minimum atomic E-state index is -1.30. The molecule has 0 amide bonds. The number of ether oxygens (including phenoxy) is 2. The lowest BCUT2D eigenvalue weighted by atomic mass is 10.2. The second-order valence-electron chi connectivity index (χ2n) is 3.76. The fourth-order valence-corrected chi connectivity index (χ4v) is 0.974. The zero-order chi connectivity index (χ0) is 13.0. The van der Waals surface area contributed by atoms with Crippen LogP contribution >= 0.6 is 0 Å². The average Bonchev–Trinajstić information content (AvgIpc) is 2.20. The minimum Gasteiger partial charge on any atom is -0.434 e. The largest absolute Gasteiger partial charge is 0.514 e. The van der Waals surface area contributed by atoms with Crippen LogP contribution in [0.5, 0.6) is 5.75 Å². The summed E-state index contributed by atoms with van der Waals surface area (Å²) in [6.07, 6.45) is -1.23. The lowest BCUT2D eigenvalue weighted by Crippen LogP contribution is -2.15. The van der Waals surface area contributed by atoms with Gasteiger partial charge in [0.15, 0.2) is 11.6 Å². The number of halogens is 3. The summed E-state index contributed by atoms with van der Waals surface area (Å²) in [5.74, 6) is -4.61. The van der Waals surface area contributed by atoms with Crippen molar-refractivity contribution in [2.24, 2.45) is 5.92 Å². The summed E-state index contributed by atoms with van der Waals surface area (Å²) in [6, 6.07) is 0.822. The van der Waals surface area contributed by atoms with E-state index < -0.39 is 29.4 Å². The van der Waals surface area contributed by atoms with Gasteiger partial charge in [0.25, 0.3) is 0 Å². The molecule has 0 N–H and O–H groups in total. The molecule has 0 unspecified atom stereocenters. The van der Waals surface area contributed by atoms with Crippen molar-refractivity contribution >= 4 is 6.16 Å². The number of hydrogen-bond acceptors (Lipinski definition) is 3. The molecule has 0 saturated heterocycles. The van der Waals surface area contributed by atoms with E-state index in [1.54, 1.807) is 13.8 Å². The molecule has 17 heavy (non-hydrogen) atoms. The maximum absolute atomic E-state index is 13.1. The molecule has 6 heteroatoms. The standard InChI is InChI=1S/C11H11F3O3/c1-6(2)5-16-11(15)17-10-8(13)3-7(12)4-9(10)14/h3-4,6H,5H2,1-2H3. The van der Waals surface area contributed by atoms with E-state index in [0.29, 0.717) is 12.1 Å². The Morgan fingerprint density at radius 2 is 1.76 bits per heavy atom. The van der Waals surface area contributed by atoms with Crippen LogP contribution in [0.4, 0.5) is 18.0 Å². The van der Waals surface area contributed by atoms with Gasteiger partial charge in [0, 0.05) is 12.1 Å². The topological polar surface area (TPSA) is 35.5 Å². The summed E-state index contributed by atoms with van der Waals surface area (Å²) in [6.45, 7) is 3.63. The van der Waals surface area contributed by atoms with E-state index in [2.05, 4.69) is 9.47 Å². The molecule has 1 aromatic carbocycles. The Morgan fingerprint density at radius 1 is 1.24 bits per heavy atom. The van der Waals surface area contributed by atoms with Crippen molar-refractivity contribution in [3.8, 4) is 5.75 Å². The Morgan fingerprint density at radius 3 is 2.24 bits per heavy atom. The smallest absolute Gasteiger partial charge is 0.434 e. The fraction of sp³-hybridized carbons (Fsp3) is 0.364. The molecule has 0 aliphatic heterocycles. The van der Waals surface area contributed by atoms with Gasteiger partial charge >= 0.3 is 6.16 Å². The predicted octanol–water partition coefficient (Wildman–Crippen LogP) is 3.28. The number of carbonyl (C=O) groups excluding carboxylic acids is 1. The number of benzene rings is 1. The van der Waals surface area contributed by atoms with E-state index in [9.17, 15) is 18.0 Å². The molecule has 0 bridgehead atoms. The summed E-state index contributed by atoms with van der Waals surface area (Å²) in [4.78, 5) is 11.0. The summed E-state index contributed by atoms with van der Waals surface area (Å²) in [5.41, 5.74) is 0. The van der Waals surface area contributed by atoms with Crippen LogP contribution in [-0.4, -0.2) is 12.8 Å². The molecule has 0 radical (unpaired) electrons. The molecule has 1 aromatic rings. The highest BCUT2D eigenvalue weighted by Gasteiger charge is 2.17. The lowest BCUT2D eigenvalue weighted by Gasteiger charge is -2.08. The third kappa shape index (κ3) is 3.97. The van der Waals surface area contributed by atoms with E-state index in [1.165, 1.54) is 0 Å². The Kier molecular flexibility index (Phi) is 4.37. The highest BCUT2D eigenvalue weighted by atomic mass is 19.1. The lowest BCUT2D eigenvalue weighted by molar-refractivity contribution is 0.0856. The first kappa shape index (κ1) is 13.3. The normalized spacial score (nSPS) is 10.5. The first-order valence-electron chi connectivity index (χ1n) is 4.89. The number of rotatable bonds is 3. The molecule has 0 aliphatic rings. The van der Waals surface area contributed by atoms with Gasteiger partial charge in [-0.25, -0.2) is 18.0 Å². The van der Waals surface area contributed by atoms with Crippen molar-refractivity contribution in [3.05, 3.63) is 29.6 Å². The fourth-order valence-electron chi connectivity index (χ4n) is 0.974. The summed E-state index contributed by atoms with van der Waals surface area (Å²) >= 11 is 0. The van der Waals surface area contributed by atoms with Gasteiger partial charge in [-0.1, -0.05) is 13.8 Å². The SMILES string of the molecule is CC(C)COC(=O)Oc1c(F)cc(F)cc1F. The van der Waals surface area contributed by atoms with Crippen LogP contribution in [0.1, 0.15) is 13.8 Å². The van der Waals surface area contributed by atoms with Gasteiger partial charge in [-0.2, -0.15) is 0 Å². The van der Waals surface area contributed by atoms with Gasteiger partial charge in [0.2, 0.25) is 5.75 Å². The van der Waals surface area contributed by atoms with Gasteiger partial charge in [-0.15, -0.1) is 0 Å². The number of hydrogen-bond donors (Lipinski definition) is 0. The molecule has 0 atom stereocenters. The first-order chi connectivity index (χ1) is 7.90. The predicted molar refractivity (Wildman–Crippen MR) is 53.1 cm³/mol. The first-order valence-corrected chi connectivity index (χ1v) is 4.89. The molecule has 0 aliphatic carbocycles. The molecule has 0 heterocycles. The van der Waals surface area contributed by atoms with E-state index >= 15 is 0 Å². The Balaban J connectivity index is 2.72. The molecule has 0 spiro atoms. The highest BCUT2D eigenvalue weighted by Crippen LogP contribution is 2.23. The molecule has 1 rings (SSSR count). The minimum absolute atomic E-state index is 0.0588. The molecule has 0 saturated carbocycles. The molecule has 0 fully saturated rings. The van der Waals surface area contributed by atoms with E-state index in [0.717, 1.165) is 0 Å². The molecular weight excluding hydrogens is 237 g/mol. The van der Waals surface area contributed by atoms with Crippen LogP contribution in [0.15, 0.2) is 12.1 Å². The maximum atomic E-state index is 13.1. The molecular formula is C11H11F3O3. The molecule has 94 valence electrons. The van der Waals surface area contributed by atoms with Gasteiger partial charge in [-0.05, 0) is 5.92 Å². The van der Waals surface area contributed by atoms with Crippen LogP contribution in [0.2, 0.25) is 0 Å². The Labute approximate surface area is 96.1 Å². The van der Waals surface area contributed by atoms with E-state index in [1.807, 2.05) is 0 Å². The molecule has 3 nitrogen and oxygen atoms in total. The van der Waals surface area contributed by atoms with Crippen molar-refractivity contribution in [3.63, 3.8) is 0 Å². The number of carbonyl (C=O) groups is 1. The second kappa shape index (κ2) is 5.56. The Hall–Kier alpha value is -1.72. The van der Waals surface area contributed by atoms with Crippen molar-refractivity contribution < 1.29 is 27.4 Å². The van der Waals surface area contributed by atoms with Crippen molar-refractivity contribution in [1.82, 2.24) is 0 Å². The highest BCUT2D eigenvalue weighted by molar-refractivity contribution is 5.63. The van der Waals surface area contributed by atoms with Crippen LogP contribution in [-0.2, 0) is 4.74 Å². The van der Waals surface area contributed by atoms with Gasteiger partial charge < -0.3 is 9.47 Å². The van der Waals surface area contributed by atoms with Gasteiger partial charge in [-0.3, -0.25) is 0 Å². The monoisotopic (exact) mass is 248 g/mol. The van der Waals surface area contributed by atoms with Crippen molar-refractivity contribution in [2.45, 2.75) is 13.8 Å². The second-order valence-corrected chi connectivity index (χ2v) is 3.76. The van der Waals surface area contributed by atoms with Crippen LogP contribution in [0, 0.1) is 23.4 Å². The maximum Gasteiger partial charge on any atom is 0.514 e. The zero-order valence-electron chi connectivity index (χ0n) is 9.30. The van der Waals surface area contributed by atoms with E-state index in [4.69, 9.17) is 0 Å². The average molecular weight is 248 g/mol. The Bertz CT molecular complexity index is 395. The quantitative estimate of drug-likeness (QED) is 0.608. The van der Waals surface area contributed by atoms with E-state index in [-0.39, 0.29) is 12.5 Å². The van der Waals surface area contributed by atoms with Crippen molar-refractivity contribution in [1.29, 1.82) is 0 Å². The van der Waals surface area contributed by atoms with Crippen LogP contribution < -0.4 is 4.74 Å². The third-order valence-corrected chi connectivity index (χ3v) is 1.68. The van der Waals surface area contributed by atoms with Gasteiger partial charge in [0.1, 0.15) is 5.82 Å². The summed E-state index contributed by atoms with van der Waals surface area (Å²) in [7, 11) is 0. The van der Waals surface area contributed by atoms with Crippen molar-refractivity contribution in [2.75, 3.05) is 6.61 Å². The van der Waals surface area contributed by atoms with Crippen LogP contribution in [0.25, 0.3) is 0 Å². The van der Waals surface area contributed by atoms with Crippen LogP contribution in [0.3, 0.4) is 0 Å². The summed E-state index contributed by atoms with van der Waals surface area (Å²) < 4.78 is 47.5.